The van der Waals surface area contributed by atoms with Gasteiger partial charge in [0.15, 0.2) is 0 Å². The van der Waals surface area contributed by atoms with E-state index < -0.39 is 0 Å². The molecule has 0 saturated carbocycles. The lowest BCUT2D eigenvalue weighted by atomic mass is 10.2. The lowest BCUT2D eigenvalue weighted by molar-refractivity contribution is 0.466. The van der Waals surface area contributed by atoms with E-state index in [9.17, 15) is 0 Å². The highest BCUT2D eigenvalue weighted by Gasteiger charge is 2.08. The molecule has 0 aliphatic rings. The molecule has 3 aromatic rings. The van der Waals surface area contributed by atoms with Crippen LogP contribution in [0.4, 0.5) is 0 Å². The van der Waals surface area contributed by atoms with E-state index in [-0.39, 0.29) is 0 Å². The second-order valence-corrected chi connectivity index (χ2v) is 5.91. The number of halogens is 1. The van der Waals surface area contributed by atoms with Crippen molar-refractivity contribution in [2.75, 3.05) is 5.75 Å². The van der Waals surface area contributed by atoms with Crippen molar-refractivity contribution in [3.8, 4) is 11.5 Å². The first-order valence-corrected chi connectivity index (χ1v) is 8.11. The highest BCUT2D eigenvalue weighted by atomic mass is 35.5. The fourth-order valence-electron chi connectivity index (χ4n) is 1.84. The van der Waals surface area contributed by atoms with Crippen LogP contribution in [0.2, 0.25) is 5.02 Å². The molecule has 0 N–H and O–H groups in total. The van der Waals surface area contributed by atoms with Gasteiger partial charge >= 0.3 is 0 Å². The number of rotatable bonds is 5. The summed E-state index contributed by atoms with van der Waals surface area (Å²) in [5.41, 5.74) is 2.04. The molecule has 0 amide bonds. The van der Waals surface area contributed by atoms with Crippen LogP contribution in [-0.2, 0) is 0 Å². The summed E-state index contributed by atoms with van der Waals surface area (Å²) in [6.45, 7) is 0. The van der Waals surface area contributed by atoms with Gasteiger partial charge in [0.2, 0.25) is 5.89 Å². The molecule has 0 fully saturated rings. The normalized spacial score (nSPS) is 11.1. The van der Waals surface area contributed by atoms with E-state index in [1.165, 1.54) is 17.3 Å². The molecular formula is C17H13ClN2OS. The van der Waals surface area contributed by atoms with Crippen molar-refractivity contribution in [3.05, 3.63) is 71.3 Å². The maximum atomic E-state index is 5.86. The van der Waals surface area contributed by atoms with E-state index in [1.807, 2.05) is 30.3 Å². The van der Waals surface area contributed by atoms with Gasteiger partial charge in [-0.3, -0.25) is 0 Å². The molecule has 110 valence electrons. The summed E-state index contributed by atoms with van der Waals surface area (Å²) in [5, 5.41) is 9.33. The van der Waals surface area contributed by atoms with Gasteiger partial charge in [-0.25, -0.2) is 0 Å². The lowest BCUT2D eigenvalue weighted by Crippen LogP contribution is -1.76. The molecule has 0 aliphatic carbocycles. The molecule has 0 radical (unpaired) electrons. The molecule has 0 saturated heterocycles. The molecule has 0 spiro atoms. The Labute approximate surface area is 138 Å². The van der Waals surface area contributed by atoms with E-state index >= 15 is 0 Å². The van der Waals surface area contributed by atoms with Gasteiger partial charge in [0, 0.05) is 16.3 Å². The maximum absolute atomic E-state index is 5.86. The number of nitrogens with zero attached hydrogens (tertiary/aromatic N) is 2. The summed E-state index contributed by atoms with van der Waals surface area (Å²) in [6, 6.07) is 17.5. The summed E-state index contributed by atoms with van der Waals surface area (Å²) in [7, 11) is 0. The number of hydrogen-bond donors (Lipinski definition) is 0. The number of aromatic nitrogens is 2. The third-order valence-electron chi connectivity index (χ3n) is 2.91. The summed E-state index contributed by atoms with van der Waals surface area (Å²) in [4.78, 5) is 0. The molecule has 0 atom stereocenters. The fourth-order valence-corrected chi connectivity index (χ4v) is 2.54. The van der Waals surface area contributed by atoms with Crippen LogP contribution in [0, 0.1) is 0 Å². The minimum absolute atomic E-state index is 0.506. The zero-order valence-electron chi connectivity index (χ0n) is 11.6. The molecule has 3 rings (SSSR count). The topological polar surface area (TPSA) is 38.9 Å². The van der Waals surface area contributed by atoms with E-state index in [2.05, 4.69) is 34.5 Å². The van der Waals surface area contributed by atoms with Crippen LogP contribution >= 0.6 is 23.4 Å². The molecular weight excluding hydrogens is 316 g/mol. The van der Waals surface area contributed by atoms with Gasteiger partial charge < -0.3 is 4.42 Å². The average molecular weight is 329 g/mol. The van der Waals surface area contributed by atoms with Crippen molar-refractivity contribution in [2.45, 2.75) is 5.22 Å². The first-order chi connectivity index (χ1) is 10.8. The van der Waals surface area contributed by atoms with Gasteiger partial charge in [0.25, 0.3) is 5.22 Å². The summed E-state index contributed by atoms with van der Waals surface area (Å²) in [6.07, 6.45) is 4.15. The monoisotopic (exact) mass is 328 g/mol. The number of benzene rings is 2. The predicted octanol–water partition coefficient (Wildman–Crippen LogP) is 5.20. The minimum atomic E-state index is 0.506. The van der Waals surface area contributed by atoms with E-state index in [0.29, 0.717) is 16.1 Å². The highest BCUT2D eigenvalue weighted by Crippen LogP contribution is 2.24. The molecule has 1 heterocycles. The smallest absolute Gasteiger partial charge is 0.277 e. The fraction of sp³-hybridized carbons (Fsp3) is 0.0588. The Morgan fingerprint density at radius 2 is 1.77 bits per heavy atom. The van der Waals surface area contributed by atoms with E-state index in [0.717, 1.165) is 11.3 Å². The molecule has 0 unspecified atom stereocenters. The minimum Gasteiger partial charge on any atom is -0.411 e. The van der Waals surface area contributed by atoms with Gasteiger partial charge in [0.1, 0.15) is 0 Å². The number of hydrogen-bond acceptors (Lipinski definition) is 4. The first-order valence-electron chi connectivity index (χ1n) is 6.75. The molecule has 3 nitrogen and oxygen atoms in total. The van der Waals surface area contributed by atoms with Crippen LogP contribution in [0.15, 0.2) is 70.3 Å². The lowest BCUT2D eigenvalue weighted by Gasteiger charge is -1.94. The SMILES string of the molecule is Clc1ccc(-c2nnc(SCC=Cc3ccccc3)o2)cc1. The Hall–Kier alpha value is -2.04. The van der Waals surface area contributed by atoms with Crippen molar-refractivity contribution >= 4 is 29.4 Å². The Morgan fingerprint density at radius 1 is 1.00 bits per heavy atom. The van der Waals surface area contributed by atoms with Gasteiger partial charge in [-0.15, -0.1) is 10.2 Å². The second kappa shape index (κ2) is 7.29. The molecule has 0 bridgehead atoms. The third kappa shape index (κ3) is 4.00. The molecule has 0 aliphatic heterocycles. The second-order valence-electron chi connectivity index (χ2n) is 4.50. The quantitative estimate of drug-likeness (QED) is 0.604. The van der Waals surface area contributed by atoms with Gasteiger partial charge in [-0.05, 0) is 29.8 Å². The molecule has 2 aromatic carbocycles. The summed E-state index contributed by atoms with van der Waals surface area (Å²) in [5.74, 6) is 1.28. The van der Waals surface area contributed by atoms with Gasteiger partial charge in [-0.2, -0.15) is 0 Å². The van der Waals surface area contributed by atoms with Crippen LogP contribution in [0.5, 0.6) is 0 Å². The van der Waals surface area contributed by atoms with Crippen LogP contribution in [-0.4, -0.2) is 16.0 Å². The van der Waals surface area contributed by atoms with Gasteiger partial charge in [0.05, 0.1) is 0 Å². The Bertz CT molecular complexity index is 754. The Kier molecular flexibility index (Phi) is 4.93. The Balaban J connectivity index is 1.58. The standard InChI is InChI=1S/C17H13ClN2OS/c18-15-10-8-14(9-11-15)16-19-20-17(21-16)22-12-4-7-13-5-2-1-3-6-13/h1-11H,12H2. The van der Waals surface area contributed by atoms with Crippen LogP contribution in [0.3, 0.4) is 0 Å². The van der Waals surface area contributed by atoms with Crippen molar-refractivity contribution in [1.29, 1.82) is 0 Å². The van der Waals surface area contributed by atoms with Crippen molar-refractivity contribution in [1.82, 2.24) is 10.2 Å². The van der Waals surface area contributed by atoms with Crippen molar-refractivity contribution in [3.63, 3.8) is 0 Å². The highest BCUT2D eigenvalue weighted by molar-refractivity contribution is 7.99. The zero-order chi connectivity index (χ0) is 15.2. The van der Waals surface area contributed by atoms with Gasteiger partial charge in [-0.1, -0.05) is 65.8 Å². The number of thioether (sulfide) groups is 1. The Morgan fingerprint density at radius 3 is 2.55 bits per heavy atom. The molecule has 1 aromatic heterocycles. The zero-order valence-corrected chi connectivity index (χ0v) is 13.2. The van der Waals surface area contributed by atoms with E-state index in [4.69, 9.17) is 16.0 Å². The first kappa shape index (κ1) is 14.9. The van der Waals surface area contributed by atoms with Crippen LogP contribution in [0.25, 0.3) is 17.5 Å². The van der Waals surface area contributed by atoms with Crippen molar-refractivity contribution in [2.24, 2.45) is 0 Å². The summed E-state index contributed by atoms with van der Waals surface area (Å²) >= 11 is 7.37. The summed E-state index contributed by atoms with van der Waals surface area (Å²) < 4.78 is 5.63. The van der Waals surface area contributed by atoms with Crippen molar-refractivity contribution < 1.29 is 4.42 Å². The molecule has 5 heteroatoms. The maximum Gasteiger partial charge on any atom is 0.277 e. The van der Waals surface area contributed by atoms with E-state index in [1.54, 1.807) is 12.1 Å². The van der Waals surface area contributed by atoms with Crippen LogP contribution in [0.1, 0.15) is 5.56 Å². The third-order valence-corrected chi connectivity index (χ3v) is 3.93. The predicted molar refractivity (Wildman–Crippen MR) is 90.9 cm³/mol. The van der Waals surface area contributed by atoms with Crippen LogP contribution < -0.4 is 0 Å². The largest absolute Gasteiger partial charge is 0.411 e. The average Bonchev–Trinajstić information content (AvgIpc) is 3.02. The molecule has 22 heavy (non-hydrogen) atoms.